The van der Waals surface area contributed by atoms with Gasteiger partial charge in [-0.3, -0.25) is 14.2 Å². The SMILES string of the molecule is Cc1nn(CCCNC(=O)C(C)n2nc(C)c(Br)c2C)cc1Cl. The third-order valence-corrected chi connectivity index (χ3v) is 5.25. The lowest BCUT2D eigenvalue weighted by Crippen LogP contribution is -2.33. The Bertz CT molecular complexity index is 690. The van der Waals surface area contributed by atoms with E-state index in [0.29, 0.717) is 18.1 Å². The molecule has 0 aliphatic carbocycles. The molecule has 0 saturated heterocycles. The summed E-state index contributed by atoms with van der Waals surface area (Å²) in [6.45, 7) is 8.87. The maximum absolute atomic E-state index is 12.3. The molecule has 0 saturated carbocycles. The number of halogens is 2. The first-order valence-corrected chi connectivity index (χ1v) is 8.66. The molecule has 0 fully saturated rings. The fraction of sp³-hybridized carbons (Fsp3) is 0.533. The van der Waals surface area contributed by atoms with Crippen LogP contribution in [-0.4, -0.2) is 32.0 Å². The molecule has 1 amide bonds. The molecular weight excluding hydrogens is 382 g/mol. The van der Waals surface area contributed by atoms with Crippen molar-refractivity contribution in [2.75, 3.05) is 6.54 Å². The Balaban J connectivity index is 1.83. The highest BCUT2D eigenvalue weighted by Gasteiger charge is 2.19. The largest absolute Gasteiger partial charge is 0.354 e. The second-order valence-electron chi connectivity index (χ2n) is 5.58. The molecule has 2 aromatic rings. The van der Waals surface area contributed by atoms with E-state index < -0.39 is 0 Å². The lowest BCUT2D eigenvalue weighted by atomic mass is 10.3. The van der Waals surface area contributed by atoms with E-state index in [-0.39, 0.29) is 11.9 Å². The van der Waals surface area contributed by atoms with Gasteiger partial charge in [0.05, 0.1) is 26.6 Å². The molecule has 8 heteroatoms. The molecule has 0 aromatic carbocycles. The van der Waals surface area contributed by atoms with Gasteiger partial charge in [-0.25, -0.2) is 0 Å². The molecule has 0 aliphatic rings. The molecule has 0 aliphatic heterocycles. The van der Waals surface area contributed by atoms with E-state index in [2.05, 4.69) is 31.4 Å². The molecule has 0 bridgehead atoms. The first-order chi connectivity index (χ1) is 10.8. The summed E-state index contributed by atoms with van der Waals surface area (Å²) in [5, 5.41) is 12.3. The number of hydrogen-bond acceptors (Lipinski definition) is 3. The smallest absolute Gasteiger partial charge is 0.244 e. The summed E-state index contributed by atoms with van der Waals surface area (Å²) in [7, 11) is 0. The van der Waals surface area contributed by atoms with Crippen LogP contribution in [0.5, 0.6) is 0 Å². The molecule has 0 spiro atoms. The minimum Gasteiger partial charge on any atom is -0.354 e. The number of carbonyl (C=O) groups is 1. The maximum Gasteiger partial charge on any atom is 0.244 e. The third kappa shape index (κ3) is 4.14. The van der Waals surface area contributed by atoms with E-state index in [1.54, 1.807) is 15.6 Å². The molecule has 126 valence electrons. The zero-order chi connectivity index (χ0) is 17.1. The van der Waals surface area contributed by atoms with Gasteiger partial charge in [0.2, 0.25) is 5.91 Å². The minimum absolute atomic E-state index is 0.0437. The van der Waals surface area contributed by atoms with E-state index in [4.69, 9.17) is 11.6 Å². The van der Waals surface area contributed by atoms with E-state index in [0.717, 1.165) is 28.0 Å². The van der Waals surface area contributed by atoms with Crippen LogP contribution in [0.4, 0.5) is 0 Å². The predicted molar refractivity (Wildman–Crippen MR) is 93.7 cm³/mol. The summed E-state index contributed by atoms with van der Waals surface area (Å²) in [5.74, 6) is -0.0437. The van der Waals surface area contributed by atoms with Crippen molar-refractivity contribution in [1.82, 2.24) is 24.9 Å². The van der Waals surface area contributed by atoms with Gasteiger partial charge in [0.1, 0.15) is 6.04 Å². The highest BCUT2D eigenvalue weighted by atomic mass is 79.9. The van der Waals surface area contributed by atoms with Crippen LogP contribution in [0, 0.1) is 20.8 Å². The van der Waals surface area contributed by atoms with Crippen LogP contribution >= 0.6 is 27.5 Å². The summed E-state index contributed by atoms with van der Waals surface area (Å²) in [4.78, 5) is 12.3. The van der Waals surface area contributed by atoms with Crippen LogP contribution in [0.1, 0.15) is 36.5 Å². The van der Waals surface area contributed by atoms with Crippen molar-refractivity contribution in [2.45, 2.75) is 46.7 Å². The number of aromatic nitrogens is 4. The van der Waals surface area contributed by atoms with Crippen LogP contribution in [0.3, 0.4) is 0 Å². The third-order valence-electron chi connectivity index (χ3n) is 3.73. The number of hydrogen-bond donors (Lipinski definition) is 1. The van der Waals surface area contributed by atoms with E-state index in [9.17, 15) is 4.79 Å². The normalized spacial score (nSPS) is 12.4. The van der Waals surface area contributed by atoms with Crippen molar-refractivity contribution in [3.63, 3.8) is 0 Å². The Morgan fingerprint density at radius 1 is 1.35 bits per heavy atom. The topological polar surface area (TPSA) is 64.7 Å². The summed E-state index contributed by atoms with van der Waals surface area (Å²) < 4.78 is 4.49. The Hall–Kier alpha value is -1.34. The van der Waals surface area contributed by atoms with Crippen LogP contribution in [0.2, 0.25) is 5.02 Å². The van der Waals surface area contributed by atoms with Crippen molar-refractivity contribution in [3.8, 4) is 0 Å². The van der Waals surface area contributed by atoms with E-state index in [1.807, 2.05) is 27.7 Å². The van der Waals surface area contributed by atoms with Gasteiger partial charge >= 0.3 is 0 Å². The van der Waals surface area contributed by atoms with Gasteiger partial charge in [-0.15, -0.1) is 0 Å². The van der Waals surface area contributed by atoms with Gasteiger partial charge in [-0.05, 0) is 50.0 Å². The van der Waals surface area contributed by atoms with Gasteiger partial charge in [-0.1, -0.05) is 11.6 Å². The average Bonchev–Trinajstić information content (AvgIpc) is 2.96. The van der Waals surface area contributed by atoms with Crippen LogP contribution < -0.4 is 5.32 Å². The van der Waals surface area contributed by atoms with Gasteiger partial charge in [0.15, 0.2) is 0 Å². The molecule has 23 heavy (non-hydrogen) atoms. The molecule has 6 nitrogen and oxygen atoms in total. The van der Waals surface area contributed by atoms with Gasteiger partial charge in [-0.2, -0.15) is 10.2 Å². The van der Waals surface area contributed by atoms with Crippen LogP contribution in [0.25, 0.3) is 0 Å². The summed E-state index contributed by atoms with van der Waals surface area (Å²) in [6, 6.07) is -0.346. The molecule has 1 unspecified atom stereocenters. The summed E-state index contributed by atoms with van der Waals surface area (Å²) >= 11 is 9.44. The second kappa shape index (κ2) is 7.49. The van der Waals surface area contributed by atoms with Crippen molar-refractivity contribution in [2.24, 2.45) is 0 Å². The van der Waals surface area contributed by atoms with Crippen molar-refractivity contribution >= 4 is 33.4 Å². The van der Waals surface area contributed by atoms with Gasteiger partial charge in [0, 0.05) is 19.3 Å². The van der Waals surface area contributed by atoms with E-state index in [1.165, 1.54) is 0 Å². The number of nitrogens with one attached hydrogen (secondary N) is 1. The fourth-order valence-electron chi connectivity index (χ4n) is 2.34. The van der Waals surface area contributed by atoms with Crippen LogP contribution in [0.15, 0.2) is 10.7 Å². The highest BCUT2D eigenvalue weighted by molar-refractivity contribution is 9.10. The number of carbonyl (C=O) groups excluding carboxylic acids is 1. The molecule has 0 radical (unpaired) electrons. The Kier molecular flexibility index (Phi) is 5.86. The van der Waals surface area contributed by atoms with E-state index >= 15 is 0 Å². The second-order valence-corrected chi connectivity index (χ2v) is 6.78. The highest BCUT2D eigenvalue weighted by Crippen LogP contribution is 2.22. The first kappa shape index (κ1) is 18.0. The molecular formula is C15H21BrClN5O. The fourth-order valence-corrected chi connectivity index (χ4v) is 2.75. The zero-order valence-corrected chi connectivity index (χ0v) is 16.1. The number of nitrogens with zero attached hydrogens (tertiary/aromatic N) is 4. The van der Waals surface area contributed by atoms with Crippen molar-refractivity contribution < 1.29 is 4.79 Å². The number of aryl methyl sites for hydroxylation is 3. The minimum atomic E-state index is -0.346. The molecule has 1 atom stereocenters. The average molecular weight is 403 g/mol. The number of rotatable bonds is 6. The molecule has 2 rings (SSSR count). The summed E-state index contributed by atoms with van der Waals surface area (Å²) in [6.07, 6.45) is 2.59. The Morgan fingerprint density at radius 3 is 2.57 bits per heavy atom. The van der Waals surface area contributed by atoms with Crippen LogP contribution in [-0.2, 0) is 11.3 Å². The van der Waals surface area contributed by atoms with Gasteiger partial charge in [0.25, 0.3) is 0 Å². The summed E-state index contributed by atoms with van der Waals surface area (Å²) in [5.41, 5.74) is 2.65. The van der Waals surface area contributed by atoms with Crippen molar-refractivity contribution in [1.29, 1.82) is 0 Å². The molecule has 2 heterocycles. The molecule has 1 N–H and O–H groups in total. The molecule has 2 aromatic heterocycles. The Morgan fingerprint density at radius 2 is 2.04 bits per heavy atom. The van der Waals surface area contributed by atoms with Gasteiger partial charge < -0.3 is 5.32 Å². The monoisotopic (exact) mass is 401 g/mol. The Labute approximate surface area is 149 Å². The zero-order valence-electron chi connectivity index (χ0n) is 13.7. The maximum atomic E-state index is 12.3. The van der Waals surface area contributed by atoms with Crippen molar-refractivity contribution in [3.05, 3.63) is 32.8 Å². The first-order valence-electron chi connectivity index (χ1n) is 7.49. The number of amides is 1. The lowest BCUT2D eigenvalue weighted by molar-refractivity contribution is -0.124. The standard InChI is InChI=1S/C15H21BrClN5O/c1-9-13(17)8-21(19-9)7-5-6-18-15(23)12(4)22-11(3)14(16)10(2)20-22/h8,12H,5-7H2,1-4H3,(H,18,23). The quantitative estimate of drug-likeness (QED) is 0.755. The predicted octanol–water partition coefficient (Wildman–Crippen LogP) is 3.19. The lowest BCUT2D eigenvalue weighted by Gasteiger charge is -2.14.